The van der Waals surface area contributed by atoms with Crippen LogP contribution in [0.25, 0.3) is 0 Å². The second-order valence-electron chi connectivity index (χ2n) is 16.5. The number of carbonyl (C=O) groups is 1. The molecule has 2 rings (SSSR count). The van der Waals surface area contributed by atoms with E-state index in [1.54, 1.807) is 0 Å². The summed E-state index contributed by atoms with van der Waals surface area (Å²) in [6.07, 6.45) is 52.4. The zero-order chi connectivity index (χ0) is 35.6. The smallest absolute Gasteiger partial charge is 0.305 e. The van der Waals surface area contributed by atoms with Gasteiger partial charge < -0.3 is 14.2 Å². The Labute approximate surface area is 313 Å². The minimum atomic E-state index is 0.0121. The van der Waals surface area contributed by atoms with Crippen molar-refractivity contribution in [3.63, 3.8) is 0 Å². The molecule has 0 spiro atoms. The summed E-state index contributed by atoms with van der Waals surface area (Å²) in [5.74, 6) is 0.0121. The maximum atomic E-state index is 12.1. The van der Waals surface area contributed by atoms with Crippen molar-refractivity contribution in [2.75, 3.05) is 6.61 Å². The lowest BCUT2D eigenvalue weighted by atomic mass is 10.0. The highest BCUT2D eigenvalue weighted by Gasteiger charge is 2.37. The largest absolute Gasteiger partial charge is 0.466 e. The van der Waals surface area contributed by atoms with E-state index >= 15 is 0 Å². The van der Waals surface area contributed by atoms with Gasteiger partial charge in [-0.1, -0.05) is 213 Å². The Bertz CT molecular complexity index is 725. The number of ether oxygens (including phenoxy) is 3. The summed E-state index contributed by atoms with van der Waals surface area (Å²) in [6, 6.07) is 0. The van der Waals surface area contributed by atoms with Gasteiger partial charge in [-0.3, -0.25) is 4.79 Å². The topological polar surface area (TPSA) is 51.4 Å². The molecule has 4 atom stereocenters. The van der Waals surface area contributed by atoms with Crippen LogP contribution in [0.4, 0.5) is 0 Å². The fourth-order valence-corrected chi connectivity index (χ4v) is 7.95. The molecule has 0 amide bonds. The molecule has 2 aliphatic heterocycles. The molecule has 50 heavy (non-hydrogen) atoms. The first-order chi connectivity index (χ1) is 24.7. The average Bonchev–Trinajstić information content (AvgIpc) is 4.05. The van der Waals surface area contributed by atoms with Gasteiger partial charge in [0.15, 0.2) is 0 Å². The van der Waals surface area contributed by atoms with Crippen LogP contribution >= 0.6 is 0 Å². The fourth-order valence-electron chi connectivity index (χ4n) is 7.95. The van der Waals surface area contributed by atoms with Gasteiger partial charge in [0.1, 0.15) is 0 Å². The molecule has 0 aromatic carbocycles. The zero-order valence-electron chi connectivity index (χ0n) is 34.0. The molecule has 0 radical (unpaired) electrons. The average molecular weight is 705 g/mol. The molecule has 0 N–H and O–H groups in total. The molecule has 0 aromatic heterocycles. The molecule has 0 aliphatic carbocycles. The van der Waals surface area contributed by atoms with E-state index in [2.05, 4.69) is 13.8 Å². The molecule has 2 heterocycles. The van der Waals surface area contributed by atoms with Gasteiger partial charge >= 0.3 is 5.97 Å². The maximum Gasteiger partial charge on any atom is 0.305 e. The van der Waals surface area contributed by atoms with E-state index < -0.39 is 0 Å². The Morgan fingerprint density at radius 3 is 0.940 bits per heavy atom. The molecular weight excluding hydrogens is 617 g/mol. The number of unbranched alkanes of at least 4 members (excludes halogenated alkanes) is 29. The van der Waals surface area contributed by atoms with Crippen molar-refractivity contribution in [1.29, 1.82) is 0 Å². The monoisotopic (exact) mass is 705 g/mol. The minimum Gasteiger partial charge on any atom is -0.466 e. The number of epoxide rings is 2. The third-order valence-corrected chi connectivity index (χ3v) is 11.6. The van der Waals surface area contributed by atoms with Crippen molar-refractivity contribution in [3.05, 3.63) is 0 Å². The molecule has 0 bridgehead atoms. The van der Waals surface area contributed by atoms with Crippen molar-refractivity contribution in [2.24, 2.45) is 0 Å². The second-order valence-corrected chi connectivity index (χ2v) is 16.5. The molecule has 4 heteroatoms. The lowest BCUT2D eigenvalue weighted by Crippen LogP contribution is -2.05. The summed E-state index contributed by atoms with van der Waals surface area (Å²) in [6.45, 7) is 5.20. The standard InChI is InChI=1S/C46H88O4/c1-3-5-7-9-11-13-15-18-24-30-36-42-44(49-42)38-32-26-20-17-23-29-35-41-48-46(47)40-34-28-22-21-27-33-39-45-43(50-45)37-31-25-19-16-14-12-10-8-6-4-2/h42-45H,3-41H2,1-2H3. The summed E-state index contributed by atoms with van der Waals surface area (Å²) in [4.78, 5) is 12.1. The predicted molar refractivity (Wildman–Crippen MR) is 215 cm³/mol. The molecule has 2 fully saturated rings. The predicted octanol–water partition coefficient (Wildman–Crippen LogP) is 14.9. The van der Waals surface area contributed by atoms with Crippen LogP contribution in [0.3, 0.4) is 0 Å². The SMILES string of the molecule is CCCCCCCCCCCCC1OC1CCCCCCCCCOC(=O)CCCCCCCCC1OC1CCCCCCCCCCCC. The van der Waals surface area contributed by atoms with Crippen LogP contribution in [-0.4, -0.2) is 37.0 Å². The number of hydrogen-bond acceptors (Lipinski definition) is 4. The van der Waals surface area contributed by atoms with Crippen LogP contribution in [0.1, 0.15) is 258 Å². The van der Waals surface area contributed by atoms with E-state index in [9.17, 15) is 4.79 Å². The van der Waals surface area contributed by atoms with Crippen LogP contribution in [0.5, 0.6) is 0 Å². The first kappa shape index (κ1) is 45.5. The van der Waals surface area contributed by atoms with Gasteiger partial charge in [-0.05, 0) is 38.5 Å². The maximum absolute atomic E-state index is 12.1. The molecule has 4 unspecified atom stereocenters. The number of esters is 1. The normalized spacial score (nSPS) is 19.6. The van der Waals surface area contributed by atoms with Crippen molar-refractivity contribution < 1.29 is 19.0 Å². The zero-order valence-corrected chi connectivity index (χ0v) is 34.0. The highest BCUT2D eigenvalue weighted by molar-refractivity contribution is 5.69. The van der Waals surface area contributed by atoms with E-state index in [0.29, 0.717) is 37.4 Å². The molecule has 0 saturated carbocycles. The summed E-state index contributed by atoms with van der Waals surface area (Å²) in [5.41, 5.74) is 0. The quantitative estimate of drug-likeness (QED) is 0.0361. The van der Waals surface area contributed by atoms with E-state index in [4.69, 9.17) is 14.2 Å². The van der Waals surface area contributed by atoms with Gasteiger partial charge in [0, 0.05) is 6.42 Å². The Hall–Kier alpha value is -0.610. The molecule has 2 saturated heterocycles. The molecule has 2 aliphatic rings. The summed E-state index contributed by atoms with van der Waals surface area (Å²) < 4.78 is 17.4. The Balaban J connectivity index is 1.19. The van der Waals surface area contributed by atoms with Gasteiger partial charge in [0.2, 0.25) is 0 Å². The second kappa shape index (κ2) is 34.2. The number of hydrogen-bond donors (Lipinski definition) is 0. The Morgan fingerprint density at radius 1 is 0.360 bits per heavy atom. The summed E-state index contributed by atoms with van der Waals surface area (Å²) in [5, 5.41) is 0. The lowest BCUT2D eigenvalue weighted by molar-refractivity contribution is -0.143. The molecule has 296 valence electrons. The van der Waals surface area contributed by atoms with E-state index in [0.717, 1.165) is 19.3 Å². The third-order valence-electron chi connectivity index (χ3n) is 11.6. The summed E-state index contributed by atoms with van der Waals surface area (Å²) in [7, 11) is 0. The van der Waals surface area contributed by atoms with Gasteiger partial charge in [-0.25, -0.2) is 0 Å². The van der Waals surface area contributed by atoms with Crippen molar-refractivity contribution in [2.45, 2.75) is 282 Å². The van der Waals surface area contributed by atoms with Gasteiger partial charge in [-0.15, -0.1) is 0 Å². The Morgan fingerprint density at radius 2 is 0.620 bits per heavy atom. The minimum absolute atomic E-state index is 0.0121. The van der Waals surface area contributed by atoms with Gasteiger partial charge in [-0.2, -0.15) is 0 Å². The first-order valence-electron chi connectivity index (χ1n) is 23.2. The highest BCUT2D eigenvalue weighted by Crippen LogP contribution is 2.33. The molecule has 4 nitrogen and oxygen atoms in total. The third kappa shape index (κ3) is 28.9. The van der Waals surface area contributed by atoms with Crippen molar-refractivity contribution in [1.82, 2.24) is 0 Å². The van der Waals surface area contributed by atoms with Crippen LogP contribution in [-0.2, 0) is 19.0 Å². The van der Waals surface area contributed by atoms with Crippen molar-refractivity contribution >= 4 is 5.97 Å². The van der Waals surface area contributed by atoms with Crippen LogP contribution in [0.15, 0.2) is 0 Å². The molecular formula is C46H88O4. The molecule has 0 aromatic rings. The van der Waals surface area contributed by atoms with E-state index in [1.165, 1.54) is 218 Å². The summed E-state index contributed by atoms with van der Waals surface area (Å²) >= 11 is 0. The van der Waals surface area contributed by atoms with Crippen LogP contribution in [0, 0.1) is 0 Å². The van der Waals surface area contributed by atoms with Gasteiger partial charge in [0.25, 0.3) is 0 Å². The fraction of sp³-hybridized carbons (Fsp3) is 0.978. The number of carbonyl (C=O) groups excluding carboxylic acids is 1. The van der Waals surface area contributed by atoms with Crippen molar-refractivity contribution in [3.8, 4) is 0 Å². The van der Waals surface area contributed by atoms with E-state index in [-0.39, 0.29) is 5.97 Å². The Kier molecular flexibility index (Phi) is 31.1. The highest BCUT2D eigenvalue weighted by atomic mass is 16.6. The number of rotatable bonds is 41. The first-order valence-corrected chi connectivity index (χ1v) is 23.2. The van der Waals surface area contributed by atoms with Crippen LogP contribution in [0.2, 0.25) is 0 Å². The van der Waals surface area contributed by atoms with E-state index in [1.807, 2.05) is 0 Å². The van der Waals surface area contributed by atoms with Gasteiger partial charge in [0.05, 0.1) is 31.0 Å². The van der Waals surface area contributed by atoms with Crippen LogP contribution < -0.4 is 0 Å². The lowest BCUT2D eigenvalue weighted by Gasteiger charge is -2.05.